The van der Waals surface area contributed by atoms with Crippen LogP contribution in [0.3, 0.4) is 0 Å². The van der Waals surface area contributed by atoms with Crippen LogP contribution in [0.5, 0.6) is 0 Å². The summed E-state index contributed by atoms with van der Waals surface area (Å²) in [4.78, 5) is 36.8. The van der Waals surface area contributed by atoms with Crippen LogP contribution in [0.2, 0.25) is 0 Å². The predicted molar refractivity (Wildman–Crippen MR) is 142 cm³/mol. The van der Waals surface area contributed by atoms with Gasteiger partial charge in [0, 0.05) is 30.3 Å². The Bertz CT molecular complexity index is 989. The summed E-state index contributed by atoms with van der Waals surface area (Å²) in [5, 5.41) is 3.87. The molecule has 5 nitrogen and oxygen atoms in total. The molecule has 0 saturated carbocycles. The molecule has 0 aromatic carbocycles. The Balaban J connectivity index is 1.33. The molecule has 1 N–H and O–H groups in total. The lowest BCUT2D eigenvalue weighted by Gasteiger charge is -2.28. The van der Waals surface area contributed by atoms with E-state index < -0.39 is 0 Å². The zero-order valence-corrected chi connectivity index (χ0v) is 22.3. The summed E-state index contributed by atoms with van der Waals surface area (Å²) in [6, 6.07) is -0.309. The van der Waals surface area contributed by atoms with Crippen molar-refractivity contribution in [2.45, 2.75) is 115 Å². The second-order valence-electron chi connectivity index (χ2n) is 11.0. The molecule has 0 spiro atoms. The van der Waals surface area contributed by atoms with Crippen molar-refractivity contribution in [3.8, 4) is 0 Å². The summed E-state index contributed by atoms with van der Waals surface area (Å²) < 4.78 is 5.88. The maximum absolute atomic E-state index is 12.9. The number of amides is 1. The maximum Gasteiger partial charge on any atom is 0.308 e. The van der Waals surface area contributed by atoms with Crippen molar-refractivity contribution in [1.82, 2.24) is 5.32 Å². The third kappa shape index (κ3) is 7.93. The molecule has 196 valence electrons. The lowest BCUT2D eigenvalue weighted by molar-refractivity contribution is -0.150. The maximum atomic E-state index is 12.9. The Morgan fingerprint density at radius 1 is 1.06 bits per heavy atom. The number of esters is 1. The molecule has 0 aliphatic heterocycles. The fourth-order valence-corrected chi connectivity index (χ4v) is 6.41. The minimum absolute atomic E-state index is 0.00742. The summed E-state index contributed by atoms with van der Waals surface area (Å²) in [5.41, 5.74) is 5.80. The second kappa shape index (κ2) is 12.9. The summed E-state index contributed by atoms with van der Waals surface area (Å²) >= 11 is 6.23. The summed E-state index contributed by atoms with van der Waals surface area (Å²) in [6.07, 6.45) is 19.1. The molecule has 0 aromatic rings. The number of carbonyl (C=O) groups excluding carboxylic acids is 3. The Morgan fingerprint density at radius 3 is 2.64 bits per heavy atom. The minimum atomic E-state index is -0.309. The SMILES string of the molecule is CC(=O)CCC(=O)NC(CC(=O)OC1CCC2=C(CCC2)C1)CC1=CCC(C2=CC(Cl)=CCC2)CC1. The number of Topliss-reactive ketones (excluding diaryl/α,β-unsaturated/α-hetero) is 1. The van der Waals surface area contributed by atoms with Gasteiger partial charge in [-0.2, -0.15) is 0 Å². The highest BCUT2D eigenvalue weighted by Crippen LogP contribution is 2.38. The molecule has 0 saturated heterocycles. The number of halogens is 1. The Morgan fingerprint density at radius 2 is 1.89 bits per heavy atom. The number of rotatable bonds is 10. The van der Waals surface area contributed by atoms with Crippen LogP contribution in [0.15, 0.2) is 45.6 Å². The zero-order valence-electron chi connectivity index (χ0n) is 21.6. The predicted octanol–water partition coefficient (Wildman–Crippen LogP) is 6.77. The molecule has 4 rings (SSSR count). The second-order valence-corrected chi connectivity index (χ2v) is 11.4. The normalized spacial score (nSPS) is 24.8. The summed E-state index contributed by atoms with van der Waals surface area (Å²) in [6.45, 7) is 1.49. The van der Waals surface area contributed by atoms with Crippen molar-refractivity contribution >= 4 is 29.3 Å². The van der Waals surface area contributed by atoms with Crippen LogP contribution in [0.25, 0.3) is 0 Å². The quantitative estimate of drug-likeness (QED) is 0.258. The topological polar surface area (TPSA) is 72.5 Å². The number of ether oxygens (including phenoxy) is 1. The first-order valence-corrected chi connectivity index (χ1v) is 14.2. The van der Waals surface area contributed by atoms with Gasteiger partial charge in [0.15, 0.2) is 0 Å². The van der Waals surface area contributed by atoms with E-state index in [1.165, 1.54) is 36.5 Å². The molecule has 0 fully saturated rings. The smallest absolute Gasteiger partial charge is 0.308 e. The lowest BCUT2D eigenvalue weighted by Crippen LogP contribution is -2.38. The number of hydrogen-bond acceptors (Lipinski definition) is 4. The van der Waals surface area contributed by atoms with E-state index in [0.717, 1.165) is 62.8 Å². The Kier molecular flexibility index (Phi) is 9.64. The van der Waals surface area contributed by atoms with Crippen molar-refractivity contribution < 1.29 is 19.1 Å². The fourth-order valence-electron chi connectivity index (χ4n) is 6.16. The van der Waals surface area contributed by atoms with E-state index in [1.54, 1.807) is 5.57 Å². The molecule has 3 unspecified atom stereocenters. The fraction of sp³-hybridized carbons (Fsp3) is 0.633. The average molecular weight is 514 g/mol. The van der Waals surface area contributed by atoms with Gasteiger partial charge in [0.05, 0.1) is 6.42 Å². The number of hydrogen-bond donors (Lipinski definition) is 1. The van der Waals surface area contributed by atoms with Crippen LogP contribution in [-0.2, 0) is 19.1 Å². The Labute approximate surface area is 220 Å². The van der Waals surface area contributed by atoms with E-state index in [1.807, 2.05) is 0 Å². The number of carbonyl (C=O) groups is 3. The molecule has 3 atom stereocenters. The number of nitrogens with one attached hydrogen (secondary N) is 1. The highest BCUT2D eigenvalue weighted by molar-refractivity contribution is 6.31. The van der Waals surface area contributed by atoms with Gasteiger partial charge in [0.1, 0.15) is 11.9 Å². The van der Waals surface area contributed by atoms with Crippen LogP contribution in [0, 0.1) is 5.92 Å². The van der Waals surface area contributed by atoms with Gasteiger partial charge in [0.2, 0.25) is 5.91 Å². The van der Waals surface area contributed by atoms with Gasteiger partial charge in [-0.3, -0.25) is 9.59 Å². The van der Waals surface area contributed by atoms with Crippen LogP contribution in [0.1, 0.15) is 103 Å². The third-order valence-electron chi connectivity index (χ3n) is 8.11. The van der Waals surface area contributed by atoms with Gasteiger partial charge in [-0.1, -0.05) is 46.0 Å². The molecule has 0 aromatic heterocycles. The molecule has 4 aliphatic rings. The lowest BCUT2D eigenvalue weighted by atomic mass is 9.80. The van der Waals surface area contributed by atoms with Crippen LogP contribution in [-0.4, -0.2) is 29.8 Å². The molecular formula is C30H40ClNO4. The first-order valence-electron chi connectivity index (χ1n) is 13.8. The van der Waals surface area contributed by atoms with E-state index in [9.17, 15) is 14.4 Å². The molecule has 0 heterocycles. The van der Waals surface area contributed by atoms with Gasteiger partial charge >= 0.3 is 5.97 Å². The van der Waals surface area contributed by atoms with Gasteiger partial charge in [-0.05, 0) is 89.5 Å². The van der Waals surface area contributed by atoms with Gasteiger partial charge in [0.25, 0.3) is 0 Å². The van der Waals surface area contributed by atoms with Crippen molar-refractivity contribution in [3.05, 3.63) is 45.6 Å². The molecule has 36 heavy (non-hydrogen) atoms. The zero-order chi connectivity index (χ0) is 25.5. The number of allylic oxidation sites excluding steroid dienone is 6. The first-order chi connectivity index (χ1) is 17.4. The highest BCUT2D eigenvalue weighted by Gasteiger charge is 2.28. The van der Waals surface area contributed by atoms with Crippen molar-refractivity contribution in [2.75, 3.05) is 0 Å². The average Bonchev–Trinajstić information content (AvgIpc) is 3.31. The van der Waals surface area contributed by atoms with E-state index >= 15 is 0 Å². The van der Waals surface area contributed by atoms with Crippen LogP contribution in [0.4, 0.5) is 0 Å². The molecule has 6 heteroatoms. The third-order valence-corrected chi connectivity index (χ3v) is 8.38. The first kappa shape index (κ1) is 26.9. The van der Waals surface area contributed by atoms with Crippen molar-refractivity contribution in [1.29, 1.82) is 0 Å². The van der Waals surface area contributed by atoms with E-state index in [2.05, 4.69) is 23.5 Å². The van der Waals surface area contributed by atoms with Gasteiger partial charge < -0.3 is 14.8 Å². The van der Waals surface area contributed by atoms with Crippen molar-refractivity contribution in [2.24, 2.45) is 5.92 Å². The van der Waals surface area contributed by atoms with Gasteiger partial charge in [-0.25, -0.2) is 0 Å². The monoisotopic (exact) mass is 513 g/mol. The molecular weight excluding hydrogens is 474 g/mol. The Hall–Kier alpha value is -2.14. The van der Waals surface area contributed by atoms with E-state index in [4.69, 9.17) is 16.3 Å². The van der Waals surface area contributed by atoms with E-state index in [-0.39, 0.29) is 49.1 Å². The van der Waals surface area contributed by atoms with Gasteiger partial charge in [-0.15, -0.1) is 0 Å². The van der Waals surface area contributed by atoms with Crippen LogP contribution >= 0.6 is 11.6 Å². The molecule has 1 amide bonds. The number of ketones is 1. The standard InChI is InChI=1S/C30H40ClNO4/c1-20(33)8-15-29(34)32-27(19-30(35)36-28-14-13-22-4-2-5-25(22)18-28)16-21-9-11-23(12-10-21)24-6-3-7-26(31)17-24/h7,9,17,23,27-28H,2-6,8,10-16,18-19H2,1H3,(H,32,34). The highest BCUT2D eigenvalue weighted by atomic mass is 35.5. The summed E-state index contributed by atoms with van der Waals surface area (Å²) in [7, 11) is 0. The van der Waals surface area contributed by atoms with Crippen molar-refractivity contribution in [3.63, 3.8) is 0 Å². The van der Waals surface area contributed by atoms with Crippen LogP contribution < -0.4 is 5.32 Å². The largest absolute Gasteiger partial charge is 0.462 e. The minimum Gasteiger partial charge on any atom is -0.462 e. The molecule has 0 radical (unpaired) electrons. The molecule has 0 bridgehead atoms. The summed E-state index contributed by atoms with van der Waals surface area (Å²) in [5.74, 6) is 0.101. The molecule has 4 aliphatic carbocycles. The van der Waals surface area contributed by atoms with E-state index in [0.29, 0.717) is 12.3 Å².